The quantitative estimate of drug-likeness (QED) is 0.0892. The zero-order chi connectivity index (χ0) is 35.1. The molecule has 48 heavy (non-hydrogen) atoms. The molecule has 0 spiro atoms. The van der Waals surface area contributed by atoms with Crippen molar-refractivity contribution < 1.29 is 58.9 Å². The number of amides is 1. The summed E-state index contributed by atoms with van der Waals surface area (Å²) in [5.74, 6) is -3.67. The number of aliphatic hydroxyl groups is 3. The van der Waals surface area contributed by atoms with E-state index in [-0.39, 0.29) is 65.2 Å². The van der Waals surface area contributed by atoms with Gasteiger partial charge in [0.05, 0.1) is 54.4 Å². The normalized spacial score (nSPS) is 26.7. The van der Waals surface area contributed by atoms with Gasteiger partial charge in [0, 0.05) is 61.3 Å². The number of carbonyl (C=O) groups is 4. The number of methoxy groups -OCH3 is 1. The molecule has 2 aliphatic carbocycles. The van der Waals surface area contributed by atoms with Crippen molar-refractivity contribution in [3.05, 3.63) is 51.6 Å². The number of aromatic hydroxyl groups is 2. The summed E-state index contributed by atoms with van der Waals surface area (Å²) in [4.78, 5) is 51.7. The van der Waals surface area contributed by atoms with Crippen LogP contribution in [0, 0.1) is 0 Å². The van der Waals surface area contributed by atoms with Gasteiger partial charge in [0.25, 0.3) is 0 Å². The standard InChI is InChI=1S/C33H39N3O12/c1-4-15(38)8-9-22(39)36-35-21(13-37)33(45)11-17-25(20(12-33)48-23-10-18(34)28(40)14(2)47-23)32(44)27-26(30(17)42)29(41)16-6-5-7-19(46-3)24(16)31(27)43/h5-7,14,18,20,23,28,37,40,42,44-45H,4,8-13,34H2,1-3H3,(H,36,39)/b35-21-/t14?,18?,20-,23?,28?,33-/m0/s1. The van der Waals surface area contributed by atoms with Gasteiger partial charge in [0.1, 0.15) is 28.6 Å². The SMILES string of the molecule is CCC(=O)CCC(=O)N/N=C(/CO)[C@]1(O)Cc2c(O)c3c(c(O)c2[C@@H](OC2CC(N)C(O)C(C)O2)C1)C(=O)c1c(OC)cccc1C3=O. The number of hydrogen-bond donors (Lipinski definition) is 7. The van der Waals surface area contributed by atoms with Crippen LogP contribution in [-0.4, -0.2) is 98.4 Å². The number of nitrogens with one attached hydrogen (secondary N) is 1. The van der Waals surface area contributed by atoms with Gasteiger partial charge in [-0.2, -0.15) is 5.10 Å². The van der Waals surface area contributed by atoms with E-state index in [1.54, 1.807) is 13.8 Å². The summed E-state index contributed by atoms with van der Waals surface area (Å²) in [5.41, 5.74) is 4.37. The van der Waals surface area contributed by atoms with Gasteiger partial charge in [-0.15, -0.1) is 0 Å². The number of hydrazone groups is 1. The van der Waals surface area contributed by atoms with Gasteiger partial charge in [-0.3, -0.25) is 19.2 Å². The van der Waals surface area contributed by atoms with Crippen molar-refractivity contribution in [2.45, 2.75) is 88.6 Å². The minimum atomic E-state index is -2.15. The highest BCUT2D eigenvalue weighted by Crippen LogP contribution is 2.52. The minimum absolute atomic E-state index is 0.0110. The Bertz CT molecular complexity index is 1680. The maximum absolute atomic E-state index is 13.9. The summed E-state index contributed by atoms with van der Waals surface area (Å²) in [6.07, 6.45) is -5.19. The minimum Gasteiger partial charge on any atom is -0.507 e. The van der Waals surface area contributed by atoms with Crippen LogP contribution >= 0.6 is 0 Å². The van der Waals surface area contributed by atoms with Crippen molar-refractivity contribution in [3.8, 4) is 17.2 Å². The number of nitrogens with zero attached hydrogens (tertiary/aromatic N) is 1. The van der Waals surface area contributed by atoms with Crippen LogP contribution in [0.25, 0.3) is 0 Å². The van der Waals surface area contributed by atoms with Gasteiger partial charge in [0.2, 0.25) is 11.7 Å². The van der Waals surface area contributed by atoms with E-state index in [1.807, 2.05) is 0 Å². The third kappa shape index (κ3) is 6.20. The van der Waals surface area contributed by atoms with Gasteiger partial charge in [-0.25, -0.2) is 5.43 Å². The molecule has 1 heterocycles. The predicted molar refractivity (Wildman–Crippen MR) is 167 cm³/mol. The van der Waals surface area contributed by atoms with Crippen molar-refractivity contribution in [3.63, 3.8) is 0 Å². The summed E-state index contributed by atoms with van der Waals surface area (Å²) in [5, 5.41) is 59.9. The molecule has 1 amide bonds. The summed E-state index contributed by atoms with van der Waals surface area (Å²) in [7, 11) is 1.32. The number of nitrogens with two attached hydrogens (primary N) is 1. The predicted octanol–water partition coefficient (Wildman–Crippen LogP) is 0.664. The maximum atomic E-state index is 13.9. The molecule has 0 bridgehead atoms. The van der Waals surface area contributed by atoms with Gasteiger partial charge in [-0.1, -0.05) is 19.1 Å². The Kier molecular flexibility index (Phi) is 10.0. The third-order valence-electron chi connectivity index (χ3n) is 9.17. The van der Waals surface area contributed by atoms with Crippen molar-refractivity contribution in [2.24, 2.45) is 10.8 Å². The van der Waals surface area contributed by atoms with E-state index in [1.165, 1.54) is 25.3 Å². The molecule has 3 aliphatic rings. The number of phenols is 2. The lowest BCUT2D eigenvalue weighted by atomic mass is 9.71. The van der Waals surface area contributed by atoms with E-state index >= 15 is 0 Å². The van der Waals surface area contributed by atoms with E-state index < -0.39 is 95.8 Å². The van der Waals surface area contributed by atoms with E-state index in [4.69, 9.17) is 19.9 Å². The fraction of sp³-hybridized carbons (Fsp3) is 0.485. The molecule has 1 fully saturated rings. The monoisotopic (exact) mass is 669 g/mol. The zero-order valence-electron chi connectivity index (χ0n) is 26.7. The molecule has 0 aromatic heterocycles. The van der Waals surface area contributed by atoms with Crippen LogP contribution in [0.3, 0.4) is 0 Å². The molecule has 2 aromatic carbocycles. The lowest BCUT2D eigenvalue weighted by Gasteiger charge is -2.43. The second-order valence-electron chi connectivity index (χ2n) is 12.2. The molecule has 0 radical (unpaired) electrons. The summed E-state index contributed by atoms with van der Waals surface area (Å²) < 4.78 is 17.3. The van der Waals surface area contributed by atoms with Crippen molar-refractivity contribution in [2.75, 3.05) is 13.7 Å². The molecule has 0 saturated carbocycles. The molecule has 5 rings (SSSR count). The highest BCUT2D eigenvalue weighted by Gasteiger charge is 2.49. The van der Waals surface area contributed by atoms with Crippen LogP contribution in [0.1, 0.15) is 95.0 Å². The average Bonchev–Trinajstić information content (AvgIpc) is 3.06. The third-order valence-corrected chi connectivity index (χ3v) is 9.17. The summed E-state index contributed by atoms with van der Waals surface area (Å²) in [6.45, 7) is 2.37. The smallest absolute Gasteiger partial charge is 0.240 e. The fourth-order valence-electron chi connectivity index (χ4n) is 6.51. The number of carbonyl (C=O) groups excluding carboxylic acids is 4. The highest BCUT2D eigenvalue weighted by atomic mass is 16.7. The number of aliphatic hydroxyl groups excluding tert-OH is 2. The van der Waals surface area contributed by atoms with Crippen molar-refractivity contribution in [1.82, 2.24) is 5.43 Å². The highest BCUT2D eigenvalue weighted by molar-refractivity contribution is 6.31. The van der Waals surface area contributed by atoms with E-state index in [0.29, 0.717) is 0 Å². The Morgan fingerprint density at radius 1 is 1.12 bits per heavy atom. The summed E-state index contributed by atoms with van der Waals surface area (Å²) in [6, 6.07) is 3.59. The van der Waals surface area contributed by atoms with Crippen LogP contribution in [0.4, 0.5) is 0 Å². The number of hydrogen-bond acceptors (Lipinski definition) is 14. The first-order chi connectivity index (χ1) is 22.8. The molecule has 6 atom stereocenters. The van der Waals surface area contributed by atoms with Crippen LogP contribution < -0.4 is 15.9 Å². The van der Waals surface area contributed by atoms with Crippen molar-refractivity contribution in [1.29, 1.82) is 0 Å². The molecule has 4 unspecified atom stereocenters. The fourth-order valence-corrected chi connectivity index (χ4v) is 6.51. The number of fused-ring (bicyclic) bond motifs is 3. The molecule has 8 N–H and O–H groups in total. The number of benzene rings is 2. The molecule has 1 aliphatic heterocycles. The van der Waals surface area contributed by atoms with Gasteiger partial charge < -0.3 is 45.5 Å². The molecule has 1 saturated heterocycles. The number of ketones is 3. The van der Waals surface area contributed by atoms with Crippen LogP contribution in [0.5, 0.6) is 17.2 Å². The second kappa shape index (κ2) is 13.7. The van der Waals surface area contributed by atoms with E-state index in [2.05, 4.69) is 10.5 Å². The number of rotatable bonds is 10. The molecular formula is C33H39N3O12. The maximum Gasteiger partial charge on any atom is 0.240 e. The van der Waals surface area contributed by atoms with Crippen molar-refractivity contribution >= 4 is 29.0 Å². The lowest BCUT2D eigenvalue weighted by Crippen LogP contribution is -2.53. The first-order valence-electron chi connectivity index (χ1n) is 15.6. The zero-order valence-corrected chi connectivity index (χ0v) is 26.7. The first-order valence-corrected chi connectivity index (χ1v) is 15.6. The van der Waals surface area contributed by atoms with E-state index in [0.717, 1.165) is 0 Å². The molecular weight excluding hydrogens is 630 g/mol. The van der Waals surface area contributed by atoms with Crippen LogP contribution in [0.15, 0.2) is 23.3 Å². The second-order valence-corrected chi connectivity index (χ2v) is 12.2. The van der Waals surface area contributed by atoms with Gasteiger partial charge in [-0.05, 0) is 13.0 Å². The van der Waals surface area contributed by atoms with Gasteiger partial charge >= 0.3 is 0 Å². The number of ether oxygens (including phenoxy) is 3. The Balaban J connectivity index is 1.61. The Labute approximate surface area is 275 Å². The summed E-state index contributed by atoms with van der Waals surface area (Å²) >= 11 is 0. The first kappa shape index (κ1) is 35.1. The average molecular weight is 670 g/mol. The van der Waals surface area contributed by atoms with Crippen LogP contribution in [-0.2, 0) is 25.5 Å². The van der Waals surface area contributed by atoms with Gasteiger partial charge in [0.15, 0.2) is 12.1 Å². The Morgan fingerprint density at radius 3 is 2.48 bits per heavy atom. The lowest BCUT2D eigenvalue weighted by molar-refractivity contribution is -0.245. The topological polar surface area (TPSA) is 248 Å². The largest absolute Gasteiger partial charge is 0.507 e. The Hall–Kier alpha value is -4.25. The van der Waals surface area contributed by atoms with E-state index in [9.17, 15) is 44.7 Å². The molecule has 15 nitrogen and oxygen atoms in total. The Morgan fingerprint density at radius 2 is 1.83 bits per heavy atom. The molecule has 15 heteroatoms. The van der Waals surface area contributed by atoms with Crippen LogP contribution in [0.2, 0.25) is 0 Å². The molecule has 2 aromatic rings. The molecule has 258 valence electrons. The number of Topliss-reactive ketones (excluding diaryl/α,β-unsaturated/α-hetero) is 1. The number of phenolic OH excluding ortho intramolecular Hbond substituents is 2.